The van der Waals surface area contributed by atoms with Gasteiger partial charge in [0.15, 0.2) is 0 Å². The van der Waals surface area contributed by atoms with Gasteiger partial charge in [0, 0.05) is 70.3 Å². The van der Waals surface area contributed by atoms with Gasteiger partial charge in [0.25, 0.3) is 5.56 Å². The van der Waals surface area contributed by atoms with E-state index < -0.39 is 0 Å². The number of anilines is 1. The van der Waals surface area contributed by atoms with Crippen LogP contribution in [0.4, 0.5) is 5.69 Å². The first-order chi connectivity index (χ1) is 18.2. The highest BCUT2D eigenvalue weighted by molar-refractivity contribution is 5.76. The van der Waals surface area contributed by atoms with Crippen LogP contribution in [0.1, 0.15) is 17.0 Å². The molecule has 0 atom stereocenters. The number of rotatable bonds is 8. The summed E-state index contributed by atoms with van der Waals surface area (Å²) < 4.78 is 1.78. The Morgan fingerprint density at radius 3 is 2.16 bits per heavy atom. The van der Waals surface area contributed by atoms with Crippen molar-refractivity contribution in [2.45, 2.75) is 26.8 Å². The second-order valence-electron chi connectivity index (χ2n) is 10.1. The number of benzene rings is 2. The number of aromatic nitrogens is 2. The van der Waals surface area contributed by atoms with Gasteiger partial charge in [-0.15, -0.1) is 0 Å². The summed E-state index contributed by atoms with van der Waals surface area (Å²) in [5.41, 5.74) is 6.03. The molecule has 0 spiro atoms. The Morgan fingerprint density at radius 1 is 0.974 bits per heavy atom. The minimum absolute atomic E-state index is 0.0339. The molecule has 4 rings (SSSR count). The zero-order chi connectivity index (χ0) is 27.2. The maximum atomic E-state index is 13.2. The summed E-state index contributed by atoms with van der Waals surface area (Å²) in [5.74, 6) is 0.572. The van der Waals surface area contributed by atoms with Crippen LogP contribution in [0, 0.1) is 13.8 Å². The van der Waals surface area contributed by atoms with Gasteiger partial charge < -0.3 is 19.3 Å². The van der Waals surface area contributed by atoms with Crippen LogP contribution in [0.3, 0.4) is 0 Å². The topological polar surface area (TPSA) is 61.7 Å². The third kappa shape index (κ3) is 6.59. The van der Waals surface area contributed by atoms with Crippen LogP contribution < -0.4 is 10.5 Å². The molecular weight excluding hydrogens is 474 g/mol. The first kappa shape index (κ1) is 26.9. The molecular formula is C31H37N5O2. The standard InChI is InChI=1S/C31H37N5O2/c1-6-25(20-33(4)5)19-28-21-36(24(3)32-31(28)38)22-30(37)35-17-15-34(16-18-35)29-13-11-27(12-14-29)26-9-7-23(2)8-10-26/h6-14,20-21H,1,15-19,22H2,2-5H3/b25-20+. The summed E-state index contributed by atoms with van der Waals surface area (Å²) in [5, 5.41) is 0. The Kier molecular flexibility index (Phi) is 8.46. The molecule has 198 valence electrons. The summed E-state index contributed by atoms with van der Waals surface area (Å²) in [6.07, 6.45) is 5.85. The molecule has 0 bridgehead atoms. The van der Waals surface area contributed by atoms with E-state index in [9.17, 15) is 9.59 Å². The first-order valence-electron chi connectivity index (χ1n) is 13.0. The van der Waals surface area contributed by atoms with E-state index in [-0.39, 0.29) is 18.0 Å². The van der Waals surface area contributed by atoms with E-state index >= 15 is 0 Å². The van der Waals surface area contributed by atoms with Gasteiger partial charge in [-0.3, -0.25) is 9.59 Å². The molecule has 0 unspecified atom stereocenters. The Hall–Kier alpha value is -4.13. The summed E-state index contributed by atoms with van der Waals surface area (Å²) in [6, 6.07) is 17.2. The van der Waals surface area contributed by atoms with Crippen molar-refractivity contribution in [3.63, 3.8) is 0 Å². The minimum Gasteiger partial charge on any atom is -0.383 e. The highest BCUT2D eigenvalue weighted by atomic mass is 16.2. The number of amides is 1. The van der Waals surface area contributed by atoms with Crippen LogP contribution >= 0.6 is 0 Å². The van der Waals surface area contributed by atoms with Crippen molar-refractivity contribution in [1.29, 1.82) is 0 Å². The second kappa shape index (κ2) is 11.9. The molecule has 0 N–H and O–H groups in total. The molecule has 2 aromatic carbocycles. The molecule has 0 radical (unpaired) electrons. The van der Waals surface area contributed by atoms with Gasteiger partial charge >= 0.3 is 0 Å². The average Bonchev–Trinajstić information content (AvgIpc) is 2.91. The lowest BCUT2D eigenvalue weighted by molar-refractivity contribution is -0.132. The molecule has 1 amide bonds. The van der Waals surface area contributed by atoms with Gasteiger partial charge in [-0.1, -0.05) is 54.6 Å². The second-order valence-corrected chi connectivity index (χ2v) is 10.1. The molecule has 1 saturated heterocycles. The number of carbonyl (C=O) groups is 1. The van der Waals surface area contributed by atoms with Gasteiger partial charge in [0.05, 0.1) is 0 Å². The number of hydrogen-bond acceptors (Lipinski definition) is 5. The molecule has 38 heavy (non-hydrogen) atoms. The smallest absolute Gasteiger partial charge is 0.276 e. The van der Waals surface area contributed by atoms with Gasteiger partial charge in [0.1, 0.15) is 12.4 Å². The van der Waals surface area contributed by atoms with Crippen molar-refractivity contribution in [2.75, 3.05) is 45.2 Å². The van der Waals surface area contributed by atoms with E-state index in [0.717, 1.165) is 18.7 Å². The zero-order valence-electron chi connectivity index (χ0n) is 22.9. The summed E-state index contributed by atoms with van der Waals surface area (Å²) in [4.78, 5) is 36.0. The number of piperazine rings is 1. The van der Waals surface area contributed by atoms with Crippen LogP contribution in [-0.4, -0.2) is 65.5 Å². The third-order valence-electron chi connectivity index (χ3n) is 6.90. The fraction of sp³-hybridized carbons (Fsp3) is 0.323. The molecule has 1 aliphatic rings. The Labute approximate surface area is 225 Å². The molecule has 2 heterocycles. The highest BCUT2D eigenvalue weighted by Crippen LogP contribution is 2.24. The number of carbonyl (C=O) groups excluding carboxylic acids is 1. The summed E-state index contributed by atoms with van der Waals surface area (Å²) in [6.45, 7) is 10.7. The lowest BCUT2D eigenvalue weighted by Gasteiger charge is -2.36. The fourth-order valence-electron chi connectivity index (χ4n) is 4.69. The van der Waals surface area contributed by atoms with Crippen LogP contribution in [0.2, 0.25) is 0 Å². The third-order valence-corrected chi connectivity index (χ3v) is 6.90. The van der Waals surface area contributed by atoms with Crippen LogP contribution in [0.25, 0.3) is 11.1 Å². The fourth-order valence-corrected chi connectivity index (χ4v) is 4.69. The molecule has 0 saturated carbocycles. The average molecular weight is 512 g/mol. The number of aryl methyl sites for hydroxylation is 2. The number of hydrogen-bond donors (Lipinski definition) is 0. The van der Waals surface area contributed by atoms with Crippen LogP contribution in [0.15, 0.2) is 84.0 Å². The molecule has 7 heteroatoms. The number of allylic oxidation sites excluding steroid dienone is 2. The molecule has 0 aliphatic carbocycles. The number of nitrogens with zero attached hydrogens (tertiary/aromatic N) is 5. The predicted octanol–water partition coefficient (Wildman–Crippen LogP) is 4.05. The Balaban J connectivity index is 1.37. The van der Waals surface area contributed by atoms with E-state index in [2.05, 4.69) is 71.9 Å². The SMILES string of the molecule is C=C/C(=C\N(C)C)Cc1cn(CC(=O)N2CCN(c3ccc(-c4ccc(C)cc4)cc3)CC2)c(C)nc1=O. The maximum Gasteiger partial charge on any atom is 0.276 e. The van der Waals surface area contributed by atoms with Crippen molar-refractivity contribution < 1.29 is 4.79 Å². The van der Waals surface area contributed by atoms with Crippen LogP contribution in [-0.2, 0) is 17.8 Å². The van der Waals surface area contributed by atoms with E-state index in [1.54, 1.807) is 23.8 Å². The van der Waals surface area contributed by atoms with Crippen molar-refractivity contribution in [3.05, 3.63) is 106 Å². The van der Waals surface area contributed by atoms with Gasteiger partial charge in [-0.05, 0) is 42.7 Å². The van der Waals surface area contributed by atoms with E-state index in [1.165, 1.54) is 22.4 Å². The largest absolute Gasteiger partial charge is 0.383 e. The van der Waals surface area contributed by atoms with Crippen molar-refractivity contribution in [3.8, 4) is 11.1 Å². The molecule has 1 aliphatic heterocycles. The van der Waals surface area contributed by atoms with Crippen molar-refractivity contribution >= 4 is 11.6 Å². The summed E-state index contributed by atoms with van der Waals surface area (Å²) in [7, 11) is 3.85. The van der Waals surface area contributed by atoms with Gasteiger partial charge in [0.2, 0.25) is 5.91 Å². The molecule has 1 fully saturated rings. The lowest BCUT2D eigenvalue weighted by Crippen LogP contribution is -2.49. The monoisotopic (exact) mass is 511 g/mol. The zero-order valence-corrected chi connectivity index (χ0v) is 22.9. The van der Waals surface area contributed by atoms with E-state index in [4.69, 9.17) is 0 Å². The highest BCUT2D eigenvalue weighted by Gasteiger charge is 2.22. The van der Waals surface area contributed by atoms with Gasteiger partial charge in [-0.2, -0.15) is 4.98 Å². The van der Waals surface area contributed by atoms with Crippen LogP contribution in [0.5, 0.6) is 0 Å². The maximum absolute atomic E-state index is 13.2. The molecule has 7 nitrogen and oxygen atoms in total. The quantitative estimate of drug-likeness (QED) is 0.427. The van der Waals surface area contributed by atoms with Gasteiger partial charge in [-0.25, -0.2) is 0 Å². The Bertz CT molecular complexity index is 1360. The van der Waals surface area contributed by atoms with Crippen molar-refractivity contribution in [1.82, 2.24) is 19.4 Å². The van der Waals surface area contributed by atoms with E-state index in [0.29, 0.717) is 30.9 Å². The van der Waals surface area contributed by atoms with E-state index in [1.807, 2.05) is 30.1 Å². The minimum atomic E-state index is -0.264. The predicted molar refractivity (Wildman–Crippen MR) is 154 cm³/mol. The lowest BCUT2D eigenvalue weighted by atomic mass is 10.0. The molecule has 1 aromatic heterocycles. The molecule has 3 aromatic rings. The normalized spacial score (nSPS) is 13.9. The Morgan fingerprint density at radius 2 is 1.58 bits per heavy atom. The van der Waals surface area contributed by atoms with Crippen molar-refractivity contribution in [2.24, 2.45) is 0 Å². The first-order valence-corrected chi connectivity index (χ1v) is 13.0. The summed E-state index contributed by atoms with van der Waals surface area (Å²) >= 11 is 0.